The molecule has 130 valence electrons. The minimum absolute atomic E-state index is 0.0738. The van der Waals surface area contributed by atoms with Crippen molar-refractivity contribution in [2.75, 3.05) is 0 Å². The van der Waals surface area contributed by atoms with Crippen molar-refractivity contribution in [2.45, 2.75) is 37.8 Å². The van der Waals surface area contributed by atoms with Crippen molar-refractivity contribution < 1.29 is 23.1 Å². The first-order valence-corrected chi connectivity index (χ1v) is 8.85. The van der Waals surface area contributed by atoms with Gasteiger partial charge in [0.2, 0.25) is 5.91 Å². The third kappa shape index (κ3) is 3.56. The van der Waals surface area contributed by atoms with Gasteiger partial charge in [-0.3, -0.25) is 14.5 Å². The fourth-order valence-corrected chi connectivity index (χ4v) is 3.51. The zero-order valence-corrected chi connectivity index (χ0v) is 14.3. The zero-order chi connectivity index (χ0) is 18.1. The van der Waals surface area contributed by atoms with E-state index >= 15 is 0 Å². The number of benzene rings is 1. The molecule has 1 aromatic carbocycles. The third-order valence-electron chi connectivity index (χ3n) is 3.60. The number of sulfonamides is 1. The summed E-state index contributed by atoms with van der Waals surface area (Å²) < 4.78 is 26.3. The summed E-state index contributed by atoms with van der Waals surface area (Å²) in [5.41, 5.74) is 0.385. The Hall–Kier alpha value is -2.42. The maximum absolute atomic E-state index is 12.2. The molecule has 1 aliphatic heterocycles. The lowest BCUT2D eigenvalue weighted by atomic mass is 10.0. The summed E-state index contributed by atoms with van der Waals surface area (Å²) >= 11 is 0. The number of carboxylic acid groups (broad SMARTS) is 1. The van der Waals surface area contributed by atoms with Gasteiger partial charge in [0.15, 0.2) is 0 Å². The lowest BCUT2D eigenvalue weighted by Crippen LogP contribution is -2.47. The van der Waals surface area contributed by atoms with E-state index < -0.39 is 34.0 Å². The summed E-state index contributed by atoms with van der Waals surface area (Å²) in [6, 6.07) is 4.31. The molecule has 2 rings (SSSR count). The Labute approximate surface area is 140 Å². The fraction of sp³-hybridized carbons (Fsp3) is 0.400. The lowest BCUT2D eigenvalue weighted by Gasteiger charge is -2.19. The molecule has 8 nitrogen and oxygen atoms in total. The normalized spacial score (nSPS) is 19.4. The molecular formula is C15H19N3O5S. The molecule has 0 saturated heterocycles. The number of aliphatic carboxylic acids is 1. The first kappa shape index (κ1) is 17.9. The van der Waals surface area contributed by atoms with Gasteiger partial charge >= 0.3 is 5.97 Å². The lowest BCUT2D eigenvalue weighted by molar-refractivity contribution is -0.143. The van der Waals surface area contributed by atoms with Crippen molar-refractivity contribution in [2.24, 2.45) is 10.9 Å². The molecule has 0 fully saturated rings. The average molecular weight is 353 g/mol. The van der Waals surface area contributed by atoms with Crippen LogP contribution in [0.5, 0.6) is 0 Å². The molecule has 1 amide bonds. The van der Waals surface area contributed by atoms with Gasteiger partial charge in [0.25, 0.3) is 10.0 Å². The van der Waals surface area contributed by atoms with Gasteiger partial charge in [0, 0.05) is 5.56 Å². The van der Waals surface area contributed by atoms with E-state index in [0.29, 0.717) is 5.56 Å². The number of aliphatic imine (C=N–C) groups is 1. The number of hydrogen-bond donors (Lipinski definition) is 3. The van der Waals surface area contributed by atoms with Crippen LogP contribution in [0.2, 0.25) is 0 Å². The van der Waals surface area contributed by atoms with E-state index in [1.165, 1.54) is 13.0 Å². The number of hydrogen-bond acceptors (Lipinski definition) is 5. The fourth-order valence-electron chi connectivity index (χ4n) is 2.27. The monoisotopic (exact) mass is 353 g/mol. The van der Waals surface area contributed by atoms with E-state index in [0.717, 1.165) is 0 Å². The Morgan fingerprint density at radius 3 is 2.42 bits per heavy atom. The quantitative estimate of drug-likeness (QED) is 0.704. The molecule has 1 unspecified atom stereocenters. The Kier molecular flexibility index (Phi) is 4.93. The molecule has 0 radical (unpaired) electrons. The highest BCUT2D eigenvalue weighted by atomic mass is 32.2. The molecule has 0 aliphatic carbocycles. The second-order valence-corrected chi connectivity index (χ2v) is 7.47. The molecule has 2 atom stereocenters. The maximum atomic E-state index is 12.2. The highest BCUT2D eigenvalue weighted by Gasteiger charge is 2.32. The zero-order valence-electron chi connectivity index (χ0n) is 13.5. The van der Waals surface area contributed by atoms with Crippen LogP contribution in [0, 0.1) is 5.92 Å². The number of nitrogens with one attached hydrogen (secondary N) is 2. The Morgan fingerprint density at radius 2 is 1.83 bits per heavy atom. The first-order chi connectivity index (χ1) is 11.1. The van der Waals surface area contributed by atoms with E-state index in [4.69, 9.17) is 5.11 Å². The summed E-state index contributed by atoms with van der Waals surface area (Å²) in [5, 5.41) is 11.5. The van der Waals surface area contributed by atoms with Crippen molar-refractivity contribution >= 4 is 27.7 Å². The van der Waals surface area contributed by atoms with Crippen molar-refractivity contribution in [1.29, 1.82) is 0 Å². The molecule has 0 spiro atoms. The van der Waals surface area contributed by atoms with E-state index in [-0.39, 0.29) is 16.6 Å². The second kappa shape index (κ2) is 6.60. The largest absolute Gasteiger partial charge is 0.480 e. The van der Waals surface area contributed by atoms with Gasteiger partial charge in [0.1, 0.15) is 17.9 Å². The van der Waals surface area contributed by atoms with Crippen LogP contribution >= 0.6 is 0 Å². The van der Waals surface area contributed by atoms with Crippen LogP contribution in [0.4, 0.5) is 0 Å². The highest BCUT2D eigenvalue weighted by Crippen LogP contribution is 2.22. The van der Waals surface area contributed by atoms with Crippen molar-refractivity contribution in [3.05, 3.63) is 29.8 Å². The van der Waals surface area contributed by atoms with Gasteiger partial charge in [-0.1, -0.05) is 26.0 Å². The summed E-state index contributed by atoms with van der Waals surface area (Å²) in [7, 11) is -3.68. The van der Waals surface area contributed by atoms with Crippen LogP contribution in [-0.4, -0.2) is 43.3 Å². The SMILES string of the molecule is CC(N=C1NS(=O)(=O)c2ccccc21)C(=O)N[C@H](C(=O)O)C(C)C. The molecule has 1 aliphatic rings. The molecule has 0 saturated carbocycles. The summed E-state index contributed by atoms with van der Waals surface area (Å²) in [4.78, 5) is 27.5. The van der Waals surface area contributed by atoms with Crippen LogP contribution in [0.25, 0.3) is 0 Å². The van der Waals surface area contributed by atoms with Gasteiger partial charge in [-0.2, -0.15) is 0 Å². The minimum atomic E-state index is -3.68. The van der Waals surface area contributed by atoms with E-state index in [9.17, 15) is 18.0 Å². The van der Waals surface area contributed by atoms with Gasteiger partial charge in [-0.05, 0) is 25.0 Å². The molecule has 9 heteroatoms. The predicted octanol–water partition coefficient (Wildman–Crippen LogP) is 0.339. The van der Waals surface area contributed by atoms with Gasteiger partial charge in [0.05, 0.1) is 4.90 Å². The molecule has 0 bridgehead atoms. The van der Waals surface area contributed by atoms with Crippen LogP contribution in [0.15, 0.2) is 34.2 Å². The minimum Gasteiger partial charge on any atom is -0.480 e. The van der Waals surface area contributed by atoms with Gasteiger partial charge in [-0.15, -0.1) is 0 Å². The molecule has 1 heterocycles. The predicted molar refractivity (Wildman–Crippen MR) is 87.2 cm³/mol. The Bertz CT molecular complexity index is 801. The number of nitrogens with zero attached hydrogens (tertiary/aromatic N) is 1. The third-order valence-corrected chi connectivity index (χ3v) is 4.99. The summed E-state index contributed by atoms with van der Waals surface area (Å²) in [6.45, 7) is 4.82. The van der Waals surface area contributed by atoms with Crippen LogP contribution in [0.1, 0.15) is 26.3 Å². The van der Waals surface area contributed by atoms with Crippen molar-refractivity contribution in [3.8, 4) is 0 Å². The van der Waals surface area contributed by atoms with E-state index in [1.54, 1.807) is 32.0 Å². The second-order valence-electron chi connectivity index (χ2n) is 5.82. The molecule has 0 aromatic heterocycles. The Morgan fingerprint density at radius 1 is 1.21 bits per heavy atom. The molecule has 24 heavy (non-hydrogen) atoms. The number of amidine groups is 1. The number of carbonyl (C=O) groups is 2. The number of carboxylic acids is 1. The van der Waals surface area contributed by atoms with E-state index in [2.05, 4.69) is 15.0 Å². The number of carbonyl (C=O) groups excluding carboxylic acids is 1. The summed E-state index contributed by atoms with van der Waals surface area (Å²) in [5.74, 6) is -1.95. The van der Waals surface area contributed by atoms with E-state index in [1.807, 2.05) is 0 Å². The van der Waals surface area contributed by atoms with Crippen LogP contribution in [-0.2, 0) is 19.6 Å². The smallest absolute Gasteiger partial charge is 0.326 e. The van der Waals surface area contributed by atoms with Crippen LogP contribution < -0.4 is 10.0 Å². The van der Waals surface area contributed by atoms with Crippen molar-refractivity contribution in [3.63, 3.8) is 0 Å². The molecule has 3 N–H and O–H groups in total. The average Bonchev–Trinajstić information content (AvgIpc) is 2.75. The molecule has 1 aromatic rings. The van der Waals surface area contributed by atoms with Crippen LogP contribution in [0.3, 0.4) is 0 Å². The first-order valence-electron chi connectivity index (χ1n) is 7.36. The van der Waals surface area contributed by atoms with Gasteiger partial charge in [-0.25, -0.2) is 13.2 Å². The molecular weight excluding hydrogens is 334 g/mol. The van der Waals surface area contributed by atoms with Crippen molar-refractivity contribution in [1.82, 2.24) is 10.0 Å². The number of fused-ring (bicyclic) bond motifs is 1. The topological polar surface area (TPSA) is 125 Å². The maximum Gasteiger partial charge on any atom is 0.326 e. The number of amides is 1. The summed E-state index contributed by atoms with van der Waals surface area (Å²) in [6.07, 6.45) is 0. The highest BCUT2D eigenvalue weighted by molar-refractivity contribution is 7.90. The Balaban J connectivity index is 2.23. The number of rotatable bonds is 5. The standard InChI is InChI=1S/C15H19N3O5S/c1-8(2)12(15(20)21)17-14(19)9(3)16-13-10-6-4-5-7-11(10)24(22,23)18-13/h4-9,12H,1-3H3,(H,16,18)(H,17,19)(H,20,21)/t9?,12-/m0/s1. The van der Waals surface area contributed by atoms with Gasteiger partial charge < -0.3 is 10.4 Å².